The number of benzene rings is 2. The minimum Gasteiger partial charge on any atom is -0.371 e. The van der Waals surface area contributed by atoms with Crippen LogP contribution in [0.1, 0.15) is 41.6 Å². The first-order valence-corrected chi connectivity index (χ1v) is 11.5. The maximum Gasteiger partial charge on any atom is 0.251 e. The molecule has 1 heterocycles. The summed E-state index contributed by atoms with van der Waals surface area (Å²) < 4.78 is 0. The van der Waals surface area contributed by atoms with Crippen molar-refractivity contribution in [1.29, 1.82) is 0 Å². The van der Waals surface area contributed by atoms with Gasteiger partial charge in [-0.25, -0.2) is 0 Å². The molecule has 2 atom stereocenters. The van der Waals surface area contributed by atoms with Crippen molar-refractivity contribution in [3.63, 3.8) is 0 Å². The Kier molecular flexibility index (Phi) is 7.05. The fourth-order valence-corrected chi connectivity index (χ4v) is 4.45. The Morgan fingerprint density at radius 3 is 2.53 bits per heavy atom. The van der Waals surface area contributed by atoms with E-state index in [9.17, 15) is 9.59 Å². The van der Waals surface area contributed by atoms with Crippen molar-refractivity contribution in [1.82, 2.24) is 5.32 Å². The number of rotatable bonds is 7. The number of hydrogen-bond acceptors (Lipinski definition) is 3. The lowest BCUT2D eigenvalue weighted by Gasteiger charge is -2.25. The SMILES string of the molecule is Cc1c(NC(=O)C(CC2C=CC=CC2)NC(=O)c2ccccc2)cccc1N1CCCC1. The van der Waals surface area contributed by atoms with E-state index in [1.54, 1.807) is 12.1 Å². The molecule has 2 amide bonds. The molecule has 2 unspecified atom stereocenters. The first-order valence-electron chi connectivity index (χ1n) is 11.5. The van der Waals surface area contributed by atoms with Gasteiger partial charge >= 0.3 is 0 Å². The summed E-state index contributed by atoms with van der Waals surface area (Å²) in [6.45, 7) is 4.15. The summed E-state index contributed by atoms with van der Waals surface area (Å²) >= 11 is 0. The normalized spacial score (nSPS) is 18.4. The van der Waals surface area contributed by atoms with Crippen molar-refractivity contribution in [3.8, 4) is 0 Å². The Bertz CT molecular complexity index is 1010. The van der Waals surface area contributed by atoms with Crippen molar-refractivity contribution in [2.45, 2.75) is 38.6 Å². The molecular formula is C27H31N3O2. The number of anilines is 2. The van der Waals surface area contributed by atoms with Gasteiger partial charge in [0.05, 0.1) is 0 Å². The fraction of sp³-hybridized carbons (Fsp3) is 0.333. The number of nitrogens with one attached hydrogen (secondary N) is 2. The largest absolute Gasteiger partial charge is 0.371 e. The minimum atomic E-state index is -0.626. The molecule has 1 fully saturated rings. The first-order chi connectivity index (χ1) is 15.6. The average Bonchev–Trinajstić information content (AvgIpc) is 3.36. The van der Waals surface area contributed by atoms with Gasteiger partial charge in [0.15, 0.2) is 0 Å². The van der Waals surface area contributed by atoms with Crippen molar-refractivity contribution < 1.29 is 9.59 Å². The molecule has 0 saturated carbocycles. The summed E-state index contributed by atoms with van der Waals surface area (Å²) in [6, 6.07) is 14.5. The summed E-state index contributed by atoms with van der Waals surface area (Å²) in [5.41, 5.74) is 3.59. The van der Waals surface area contributed by atoms with Gasteiger partial charge in [0.1, 0.15) is 6.04 Å². The Morgan fingerprint density at radius 2 is 1.81 bits per heavy atom. The lowest BCUT2D eigenvalue weighted by molar-refractivity contribution is -0.118. The molecular weight excluding hydrogens is 398 g/mol. The van der Waals surface area contributed by atoms with Crippen LogP contribution in [0.4, 0.5) is 11.4 Å². The van der Waals surface area contributed by atoms with Crippen LogP contribution in [0.15, 0.2) is 72.8 Å². The van der Waals surface area contributed by atoms with E-state index in [4.69, 9.17) is 0 Å². The third-order valence-electron chi connectivity index (χ3n) is 6.28. The third-order valence-corrected chi connectivity index (χ3v) is 6.28. The van der Waals surface area contributed by atoms with Crippen molar-refractivity contribution in [2.24, 2.45) is 5.92 Å². The molecule has 2 aromatic rings. The molecule has 0 bridgehead atoms. The summed E-state index contributed by atoms with van der Waals surface area (Å²) in [5.74, 6) is -0.202. The Balaban J connectivity index is 1.51. The lowest BCUT2D eigenvalue weighted by atomic mass is 9.92. The number of amides is 2. The molecule has 5 nitrogen and oxygen atoms in total. The molecule has 0 spiro atoms. The van der Waals surface area contributed by atoms with Gasteiger partial charge in [0, 0.05) is 30.0 Å². The monoisotopic (exact) mass is 429 g/mol. The zero-order chi connectivity index (χ0) is 22.3. The first kappa shape index (κ1) is 21.9. The van der Waals surface area contributed by atoms with Gasteiger partial charge in [-0.15, -0.1) is 0 Å². The van der Waals surface area contributed by atoms with E-state index < -0.39 is 6.04 Å². The van der Waals surface area contributed by atoms with E-state index in [2.05, 4.69) is 40.7 Å². The molecule has 5 heteroatoms. The quantitative estimate of drug-likeness (QED) is 0.661. The summed E-state index contributed by atoms with van der Waals surface area (Å²) in [6.07, 6.45) is 12.0. The lowest BCUT2D eigenvalue weighted by Crippen LogP contribution is -2.45. The third kappa shape index (κ3) is 5.28. The molecule has 1 aliphatic carbocycles. The molecule has 2 aromatic carbocycles. The molecule has 0 radical (unpaired) electrons. The average molecular weight is 430 g/mol. The van der Waals surface area contributed by atoms with Crippen molar-refractivity contribution >= 4 is 23.2 Å². The van der Waals surface area contributed by atoms with E-state index in [1.165, 1.54) is 18.5 Å². The van der Waals surface area contributed by atoms with Crippen LogP contribution < -0.4 is 15.5 Å². The standard InChI is InChI=1S/C27H31N3O2/c1-20-23(15-10-16-25(20)30-17-8-9-18-30)28-27(32)24(19-21-11-4-2-5-12-21)29-26(31)22-13-6-3-7-14-22/h2-7,10-11,13-16,21,24H,8-9,12,17-19H2,1H3,(H,28,32)(H,29,31). The maximum atomic E-state index is 13.4. The molecule has 2 N–H and O–H groups in total. The number of allylic oxidation sites excluding steroid dienone is 4. The summed E-state index contributed by atoms with van der Waals surface area (Å²) in [4.78, 5) is 28.5. The maximum absolute atomic E-state index is 13.4. The highest BCUT2D eigenvalue weighted by Gasteiger charge is 2.25. The van der Waals surface area contributed by atoms with Gasteiger partial charge in [-0.3, -0.25) is 9.59 Å². The predicted octanol–water partition coefficient (Wildman–Crippen LogP) is 4.85. The Hall–Kier alpha value is -3.34. The van der Waals surface area contributed by atoms with Crippen LogP contribution in [-0.4, -0.2) is 30.9 Å². The summed E-state index contributed by atoms with van der Waals surface area (Å²) in [5, 5.41) is 6.07. The molecule has 2 aliphatic rings. The number of hydrogen-bond donors (Lipinski definition) is 2. The second kappa shape index (κ2) is 10.3. The van der Waals surface area contributed by atoms with Crippen molar-refractivity contribution in [3.05, 3.63) is 84.0 Å². The molecule has 1 saturated heterocycles. The predicted molar refractivity (Wildman–Crippen MR) is 130 cm³/mol. The Labute approximate surface area is 190 Å². The van der Waals surface area contributed by atoms with E-state index in [-0.39, 0.29) is 17.7 Å². The molecule has 4 rings (SSSR count). The molecule has 1 aliphatic heterocycles. The van der Waals surface area contributed by atoms with E-state index in [0.29, 0.717) is 12.0 Å². The van der Waals surface area contributed by atoms with Gasteiger partial charge in [0.25, 0.3) is 5.91 Å². The second-order valence-corrected chi connectivity index (χ2v) is 8.57. The van der Waals surface area contributed by atoms with Crippen LogP contribution in [0.25, 0.3) is 0 Å². The highest BCUT2D eigenvalue weighted by atomic mass is 16.2. The summed E-state index contributed by atoms with van der Waals surface area (Å²) in [7, 11) is 0. The van der Waals surface area contributed by atoms with E-state index >= 15 is 0 Å². The van der Waals surface area contributed by atoms with Gasteiger partial charge in [0.2, 0.25) is 5.91 Å². The van der Waals surface area contributed by atoms with Gasteiger partial charge < -0.3 is 15.5 Å². The van der Waals surface area contributed by atoms with E-state index in [1.807, 2.05) is 42.5 Å². The van der Waals surface area contributed by atoms with Gasteiger partial charge in [-0.2, -0.15) is 0 Å². The molecule has 166 valence electrons. The van der Waals surface area contributed by atoms with Crippen LogP contribution in [0, 0.1) is 12.8 Å². The van der Waals surface area contributed by atoms with Gasteiger partial charge in [-0.05, 0) is 68.4 Å². The topological polar surface area (TPSA) is 61.4 Å². The number of carbonyl (C=O) groups excluding carboxylic acids is 2. The fourth-order valence-electron chi connectivity index (χ4n) is 4.45. The number of nitrogens with zero attached hydrogens (tertiary/aromatic N) is 1. The smallest absolute Gasteiger partial charge is 0.251 e. The van der Waals surface area contributed by atoms with Crippen molar-refractivity contribution in [2.75, 3.05) is 23.3 Å². The van der Waals surface area contributed by atoms with Crippen LogP contribution in [0.2, 0.25) is 0 Å². The minimum absolute atomic E-state index is 0.182. The highest BCUT2D eigenvalue weighted by molar-refractivity contribution is 6.01. The Morgan fingerprint density at radius 1 is 1.03 bits per heavy atom. The zero-order valence-corrected chi connectivity index (χ0v) is 18.6. The number of carbonyl (C=O) groups is 2. The van der Waals surface area contributed by atoms with Crippen LogP contribution in [0.3, 0.4) is 0 Å². The molecule has 0 aromatic heterocycles. The second-order valence-electron chi connectivity index (χ2n) is 8.57. The van der Waals surface area contributed by atoms with Crippen LogP contribution in [0.5, 0.6) is 0 Å². The van der Waals surface area contributed by atoms with Crippen LogP contribution in [-0.2, 0) is 4.79 Å². The van der Waals surface area contributed by atoms with Crippen LogP contribution >= 0.6 is 0 Å². The highest BCUT2D eigenvalue weighted by Crippen LogP contribution is 2.29. The van der Waals surface area contributed by atoms with E-state index in [0.717, 1.165) is 30.8 Å². The zero-order valence-electron chi connectivity index (χ0n) is 18.6. The van der Waals surface area contributed by atoms with Gasteiger partial charge in [-0.1, -0.05) is 48.6 Å². The molecule has 32 heavy (non-hydrogen) atoms.